The van der Waals surface area contributed by atoms with Crippen LogP contribution in [-0.4, -0.2) is 51.9 Å². The second-order valence-corrected chi connectivity index (χ2v) is 7.45. The Labute approximate surface area is 159 Å². The van der Waals surface area contributed by atoms with Gasteiger partial charge in [-0.2, -0.15) is 0 Å². The number of nitrogens with one attached hydrogen (secondary N) is 2. The number of amides is 1. The first-order valence-corrected chi connectivity index (χ1v) is 9.52. The molecule has 4 heterocycles. The van der Waals surface area contributed by atoms with Crippen molar-refractivity contribution in [2.24, 2.45) is 0 Å². The number of rotatable bonds is 5. The van der Waals surface area contributed by atoms with Gasteiger partial charge in [-0.1, -0.05) is 0 Å². The molecule has 3 aromatic heterocycles. The molecular formula is C18H19FN6OS. The summed E-state index contributed by atoms with van der Waals surface area (Å²) in [4.78, 5) is 27.5. The highest BCUT2D eigenvalue weighted by molar-refractivity contribution is 7.17. The average molecular weight is 386 g/mol. The van der Waals surface area contributed by atoms with Gasteiger partial charge in [-0.3, -0.25) is 9.78 Å². The maximum absolute atomic E-state index is 13.4. The molecule has 0 saturated carbocycles. The number of carbonyl (C=O) groups excluding carboxylic acids is 1. The molecule has 1 saturated heterocycles. The molecule has 3 aromatic rings. The first-order valence-electron chi connectivity index (χ1n) is 8.64. The summed E-state index contributed by atoms with van der Waals surface area (Å²) in [6.07, 6.45) is 2.75. The predicted molar refractivity (Wildman–Crippen MR) is 102 cm³/mol. The molecule has 4 rings (SSSR count). The van der Waals surface area contributed by atoms with Crippen molar-refractivity contribution in [1.29, 1.82) is 0 Å². The van der Waals surface area contributed by atoms with Crippen LogP contribution in [-0.2, 0) is 0 Å². The number of carbonyl (C=O) groups is 1. The van der Waals surface area contributed by atoms with Gasteiger partial charge in [0.15, 0.2) is 5.69 Å². The first kappa shape index (κ1) is 17.7. The number of halogens is 1. The minimum atomic E-state index is -0.400. The van der Waals surface area contributed by atoms with Gasteiger partial charge in [-0.25, -0.2) is 14.4 Å². The topological polar surface area (TPSA) is 83.0 Å². The van der Waals surface area contributed by atoms with Crippen LogP contribution < -0.4 is 10.6 Å². The second-order valence-electron chi connectivity index (χ2n) is 6.53. The zero-order valence-electron chi connectivity index (χ0n) is 14.9. The average Bonchev–Trinajstić information content (AvgIpc) is 3.08. The van der Waals surface area contributed by atoms with E-state index in [0.29, 0.717) is 36.3 Å². The SMILES string of the molecule is CNC1CN(C(=O)c2nc(N[C@@H](C)c3cncc(F)c3)nc3ccsc23)C1. The third-order valence-corrected chi connectivity index (χ3v) is 5.57. The number of nitrogens with zero attached hydrogens (tertiary/aromatic N) is 4. The number of hydrogen-bond acceptors (Lipinski definition) is 7. The van der Waals surface area contributed by atoms with Crippen LogP contribution in [0.15, 0.2) is 29.9 Å². The Kier molecular flexibility index (Phi) is 4.71. The van der Waals surface area contributed by atoms with Gasteiger partial charge in [0.25, 0.3) is 5.91 Å². The Morgan fingerprint density at radius 1 is 1.37 bits per heavy atom. The number of fused-ring (bicyclic) bond motifs is 1. The molecular weight excluding hydrogens is 367 g/mol. The molecule has 1 aliphatic heterocycles. The van der Waals surface area contributed by atoms with Crippen molar-refractivity contribution in [3.63, 3.8) is 0 Å². The van der Waals surface area contributed by atoms with Crippen LogP contribution in [0.1, 0.15) is 29.0 Å². The zero-order chi connectivity index (χ0) is 19.0. The number of pyridine rings is 1. The fraction of sp³-hybridized carbons (Fsp3) is 0.333. The van der Waals surface area contributed by atoms with Crippen LogP contribution in [0.4, 0.5) is 10.3 Å². The fourth-order valence-electron chi connectivity index (χ4n) is 2.99. The lowest BCUT2D eigenvalue weighted by Gasteiger charge is -2.38. The number of aromatic nitrogens is 3. The maximum atomic E-state index is 13.4. The van der Waals surface area contributed by atoms with E-state index < -0.39 is 5.82 Å². The molecule has 1 fully saturated rings. The predicted octanol–water partition coefficient (Wildman–Crippen LogP) is 2.44. The monoisotopic (exact) mass is 386 g/mol. The van der Waals surface area contributed by atoms with Gasteiger partial charge >= 0.3 is 0 Å². The number of likely N-dealkylation sites (N-methyl/N-ethyl adjacent to an activating group) is 1. The van der Waals surface area contributed by atoms with E-state index in [9.17, 15) is 9.18 Å². The number of anilines is 1. The number of thiophene rings is 1. The summed E-state index contributed by atoms with van der Waals surface area (Å²) in [7, 11) is 1.89. The largest absolute Gasteiger partial charge is 0.348 e. The lowest BCUT2D eigenvalue weighted by Crippen LogP contribution is -2.59. The van der Waals surface area contributed by atoms with E-state index in [-0.39, 0.29) is 11.9 Å². The molecule has 2 N–H and O–H groups in total. The van der Waals surface area contributed by atoms with Crippen LogP contribution >= 0.6 is 11.3 Å². The molecule has 1 atom stereocenters. The van der Waals surface area contributed by atoms with Gasteiger partial charge in [-0.15, -0.1) is 11.3 Å². The van der Waals surface area contributed by atoms with E-state index in [4.69, 9.17) is 0 Å². The highest BCUT2D eigenvalue weighted by Crippen LogP contribution is 2.27. The summed E-state index contributed by atoms with van der Waals surface area (Å²) in [5, 5.41) is 8.20. The van der Waals surface area contributed by atoms with Crippen LogP contribution in [0.3, 0.4) is 0 Å². The Hall–Kier alpha value is -2.65. The minimum Gasteiger partial charge on any atom is -0.348 e. The molecule has 0 bridgehead atoms. The van der Waals surface area contributed by atoms with Crippen molar-refractivity contribution in [1.82, 2.24) is 25.2 Å². The van der Waals surface area contributed by atoms with E-state index in [1.165, 1.54) is 17.4 Å². The smallest absolute Gasteiger partial charge is 0.274 e. The molecule has 0 spiro atoms. The Morgan fingerprint density at radius 2 is 2.19 bits per heavy atom. The van der Waals surface area contributed by atoms with E-state index in [1.54, 1.807) is 11.1 Å². The Balaban J connectivity index is 1.61. The molecule has 1 aliphatic rings. The molecule has 27 heavy (non-hydrogen) atoms. The van der Waals surface area contributed by atoms with Crippen molar-refractivity contribution >= 4 is 33.4 Å². The van der Waals surface area contributed by atoms with Crippen LogP contribution in [0.25, 0.3) is 10.2 Å². The van der Waals surface area contributed by atoms with E-state index in [0.717, 1.165) is 16.4 Å². The summed E-state index contributed by atoms with van der Waals surface area (Å²) >= 11 is 1.45. The minimum absolute atomic E-state index is 0.0977. The normalized spacial score (nSPS) is 15.6. The molecule has 9 heteroatoms. The lowest BCUT2D eigenvalue weighted by molar-refractivity contribution is 0.0573. The third kappa shape index (κ3) is 3.47. The van der Waals surface area contributed by atoms with Crippen molar-refractivity contribution < 1.29 is 9.18 Å². The maximum Gasteiger partial charge on any atom is 0.274 e. The summed E-state index contributed by atoms with van der Waals surface area (Å²) in [6.45, 7) is 3.20. The molecule has 0 radical (unpaired) electrons. The lowest BCUT2D eigenvalue weighted by atomic mass is 10.1. The van der Waals surface area contributed by atoms with Gasteiger partial charge in [0.05, 0.1) is 22.5 Å². The van der Waals surface area contributed by atoms with Gasteiger partial charge in [0.2, 0.25) is 5.95 Å². The van der Waals surface area contributed by atoms with Crippen LogP contribution in [0.5, 0.6) is 0 Å². The van der Waals surface area contributed by atoms with Crippen molar-refractivity contribution in [2.75, 3.05) is 25.5 Å². The first-order chi connectivity index (χ1) is 13.0. The fourth-order valence-corrected chi connectivity index (χ4v) is 3.80. The van der Waals surface area contributed by atoms with Crippen LogP contribution in [0, 0.1) is 5.82 Å². The van der Waals surface area contributed by atoms with Gasteiger partial charge in [-0.05, 0) is 37.0 Å². The molecule has 0 aliphatic carbocycles. The zero-order valence-corrected chi connectivity index (χ0v) is 15.8. The van der Waals surface area contributed by atoms with Gasteiger partial charge in [0, 0.05) is 25.3 Å². The van der Waals surface area contributed by atoms with E-state index >= 15 is 0 Å². The summed E-state index contributed by atoms with van der Waals surface area (Å²) in [5.41, 5.74) is 1.80. The number of hydrogen-bond donors (Lipinski definition) is 2. The van der Waals surface area contributed by atoms with Gasteiger partial charge in [0.1, 0.15) is 5.82 Å². The summed E-state index contributed by atoms with van der Waals surface area (Å²) in [6, 6.07) is 3.35. The molecule has 140 valence electrons. The second kappa shape index (κ2) is 7.16. The van der Waals surface area contributed by atoms with Crippen molar-refractivity contribution in [3.05, 3.63) is 47.0 Å². The number of likely N-dealkylation sites (tertiary alicyclic amines) is 1. The molecule has 7 nitrogen and oxygen atoms in total. The third-order valence-electron chi connectivity index (χ3n) is 4.65. The molecule has 0 unspecified atom stereocenters. The Bertz CT molecular complexity index is 987. The summed E-state index contributed by atoms with van der Waals surface area (Å²) < 4.78 is 14.2. The van der Waals surface area contributed by atoms with Crippen LogP contribution in [0.2, 0.25) is 0 Å². The molecule has 0 aromatic carbocycles. The summed E-state index contributed by atoms with van der Waals surface area (Å²) in [5.74, 6) is -0.158. The highest BCUT2D eigenvalue weighted by Gasteiger charge is 2.32. The van der Waals surface area contributed by atoms with E-state index in [1.807, 2.05) is 25.4 Å². The van der Waals surface area contributed by atoms with Crippen molar-refractivity contribution in [3.8, 4) is 0 Å². The molecule has 1 amide bonds. The van der Waals surface area contributed by atoms with Gasteiger partial charge < -0.3 is 15.5 Å². The standard InChI is InChI=1S/C18H19FN6OS/c1-10(11-5-12(19)7-21-6-11)22-18-23-14-3-4-27-16(14)15(24-18)17(26)25-8-13(9-25)20-2/h3-7,10,13,20H,8-9H2,1-2H3,(H,22,23,24)/t10-/m0/s1. The van der Waals surface area contributed by atoms with Crippen molar-refractivity contribution in [2.45, 2.75) is 19.0 Å². The highest BCUT2D eigenvalue weighted by atomic mass is 32.1. The van der Waals surface area contributed by atoms with E-state index in [2.05, 4.69) is 25.6 Å². The quantitative estimate of drug-likeness (QED) is 0.701. The Morgan fingerprint density at radius 3 is 2.93 bits per heavy atom.